The SMILES string of the molecule is CCC1(C(=O)NCCC2CCNC2)CC1.Cl. The summed E-state index contributed by atoms with van der Waals surface area (Å²) in [5, 5.41) is 6.45. The molecule has 3 nitrogen and oxygen atoms in total. The van der Waals surface area contributed by atoms with Gasteiger partial charge in [-0.2, -0.15) is 0 Å². The summed E-state index contributed by atoms with van der Waals surface area (Å²) in [6.07, 6.45) is 5.61. The summed E-state index contributed by atoms with van der Waals surface area (Å²) in [5.74, 6) is 1.08. The molecule has 2 aliphatic rings. The molecule has 0 aromatic carbocycles. The molecule has 1 heterocycles. The molecule has 1 saturated carbocycles. The number of carbonyl (C=O) groups excluding carboxylic acids is 1. The van der Waals surface area contributed by atoms with Crippen molar-refractivity contribution in [3.8, 4) is 0 Å². The minimum absolute atomic E-state index is 0. The van der Waals surface area contributed by atoms with Crippen LogP contribution in [0.4, 0.5) is 0 Å². The minimum atomic E-state index is 0. The molecular weight excluding hydrogens is 224 g/mol. The van der Waals surface area contributed by atoms with Crippen LogP contribution >= 0.6 is 12.4 Å². The largest absolute Gasteiger partial charge is 0.356 e. The molecule has 1 aliphatic carbocycles. The average molecular weight is 247 g/mol. The second kappa shape index (κ2) is 5.87. The van der Waals surface area contributed by atoms with Crippen LogP contribution in [0, 0.1) is 11.3 Å². The monoisotopic (exact) mass is 246 g/mol. The summed E-state index contributed by atoms with van der Waals surface area (Å²) in [6.45, 7) is 5.27. The molecule has 1 saturated heterocycles. The number of rotatable bonds is 5. The first-order chi connectivity index (χ1) is 7.27. The van der Waals surface area contributed by atoms with Gasteiger partial charge in [0.05, 0.1) is 0 Å². The number of carbonyl (C=O) groups is 1. The van der Waals surface area contributed by atoms with Crippen LogP contribution in [0.2, 0.25) is 0 Å². The summed E-state index contributed by atoms with van der Waals surface area (Å²) >= 11 is 0. The zero-order valence-electron chi connectivity index (χ0n) is 10.1. The quantitative estimate of drug-likeness (QED) is 0.776. The van der Waals surface area contributed by atoms with Crippen molar-refractivity contribution < 1.29 is 4.79 Å². The van der Waals surface area contributed by atoms with E-state index in [4.69, 9.17) is 0 Å². The molecule has 16 heavy (non-hydrogen) atoms. The van der Waals surface area contributed by atoms with Crippen LogP contribution in [0.1, 0.15) is 39.0 Å². The van der Waals surface area contributed by atoms with Gasteiger partial charge in [0.2, 0.25) is 5.91 Å². The van der Waals surface area contributed by atoms with Gasteiger partial charge in [0.1, 0.15) is 0 Å². The number of nitrogens with one attached hydrogen (secondary N) is 2. The van der Waals surface area contributed by atoms with Crippen molar-refractivity contribution in [2.24, 2.45) is 11.3 Å². The Morgan fingerprint density at radius 1 is 1.50 bits per heavy atom. The lowest BCUT2D eigenvalue weighted by Crippen LogP contribution is -2.33. The van der Waals surface area contributed by atoms with Gasteiger partial charge in [0.25, 0.3) is 0 Å². The first-order valence-electron chi connectivity index (χ1n) is 6.26. The van der Waals surface area contributed by atoms with Crippen molar-refractivity contribution in [1.82, 2.24) is 10.6 Å². The number of amides is 1. The molecule has 2 N–H and O–H groups in total. The second-order valence-corrected chi connectivity index (χ2v) is 5.04. The zero-order valence-corrected chi connectivity index (χ0v) is 10.9. The molecule has 1 amide bonds. The minimum Gasteiger partial charge on any atom is -0.356 e. The van der Waals surface area contributed by atoms with Crippen LogP contribution in [0.3, 0.4) is 0 Å². The zero-order chi connectivity index (χ0) is 10.7. The van der Waals surface area contributed by atoms with Gasteiger partial charge in [-0.05, 0) is 51.1 Å². The maximum atomic E-state index is 11.8. The van der Waals surface area contributed by atoms with Gasteiger partial charge in [-0.25, -0.2) is 0 Å². The van der Waals surface area contributed by atoms with Gasteiger partial charge in [0.15, 0.2) is 0 Å². The van der Waals surface area contributed by atoms with Gasteiger partial charge >= 0.3 is 0 Å². The van der Waals surface area contributed by atoms with E-state index in [1.54, 1.807) is 0 Å². The van der Waals surface area contributed by atoms with E-state index in [0.29, 0.717) is 5.91 Å². The Labute approximate surface area is 104 Å². The molecule has 0 radical (unpaired) electrons. The van der Waals surface area contributed by atoms with Crippen molar-refractivity contribution in [1.29, 1.82) is 0 Å². The Balaban J connectivity index is 0.00000128. The van der Waals surface area contributed by atoms with E-state index >= 15 is 0 Å². The van der Waals surface area contributed by atoms with E-state index in [1.807, 2.05) is 0 Å². The fourth-order valence-electron chi connectivity index (χ4n) is 2.43. The summed E-state index contributed by atoms with van der Waals surface area (Å²) in [5.41, 5.74) is 0.0356. The fraction of sp³-hybridized carbons (Fsp3) is 0.917. The fourth-order valence-corrected chi connectivity index (χ4v) is 2.43. The molecule has 2 rings (SSSR count). The molecule has 4 heteroatoms. The van der Waals surface area contributed by atoms with E-state index < -0.39 is 0 Å². The summed E-state index contributed by atoms with van der Waals surface area (Å²) < 4.78 is 0. The molecule has 0 aromatic heterocycles. The highest BCUT2D eigenvalue weighted by atomic mass is 35.5. The topological polar surface area (TPSA) is 41.1 Å². The second-order valence-electron chi connectivity index (χ2n) is 5.04. The van der Waals surface area contributed by atoms with Gasteiger partial charge in [0, 0.05) is 12.0 Å². The number of hydrogen-bond acceptors (Lipinski definition) is 2. The van der Waals surface area contributed by atoms with Crippen LogP contribution in [0.25, 0.3) is 0 Å². The van der Waals surface area contributed by atoms with E-state index in [0.717, 1.165) is 51.2 Å². The smallest absolute Gasteiger partial charge is 0.226 e. The molecule has 0 aromatic rings. The molecule has 1 unspecified atom stereocenters. The molecule has 1 aliphatic heterocycles. The third-order valence-corrected chi connectivity index (χ3v) is 4.01. The Morgan fingerprint density at radius 2 is 2.25 bits per heavy atom. The third-order valence-electron chi connectivity index (χ3n) is 4.01. The highest BCUT2D eigenvalue weighted by Crippen LogP contribution is 2.48. The average Bonchev–Trinajstić information content (AvgIpc) is 2.90. The Bertz CT molecular complexity index is 235. The molecular formula is C12H23ClN2O. The van der Waals surface area contributed by atoms with E-state index in [2.05, 4.69) is 17.6 Å². The van der Waals surface area contributed by atoms with Crippen molar-refractivity contribution in [3.63, 3.8) is 0 Å². The molecule has 0 spiro atoms. The van der Waals surface area contributed by atoms with Crippen molar-refractivity contribution in [3.05, 3.63) is 0 Å². The first-order valence-corrected chi connectivity index (χ1v) is 6.26. The van der Waals surface area contributed by atoms with Crippen LogP contribution < -0.4 is 10.6 Å². The number of halogens is 1. The Kier molecular flexibility index (Phi) is 5.06. The van der Waals surface area contributed by atoms with Crippen LogP contribution in [0.15, 0.2) is 0 Å². The molecule has 2 fully saturated rings. The van der Waals surface area contributed by atoms with Crippen LogP contribution in [0.5, 0.6) is 0 Å². The lowest BCUT2D eigenvalue weighted by atomic mass is 10.0. The maximum absolute atomic E-state index is 11.8. The number of hydrogen-bond donors (Lipinski definition) is 2. The van der Waals surface area contributed by atoms with Gasteiger partial charge in [-0.1, -0.05) is 6.92 Å². The predicted octanol–water partition coefficient (Wildman–Crippen LogP) is 1.71. The molecule has 1 atom stereocenters. The standard InChI is InChI=1S/C12H22N2O.ClH/c1-2-12(5-6-12)11(15)14-8-4-10-3-7-13-9-10;/h10,13H,2-9H2,1H3,(H,14,15);1H. The van der Waals surface area contributed by atoms with Crippen molar-refractivity contribution in [2.75, 3.05) is 19.6 Å². The molecule has 94 valence electrons. The van der Waals surface area contributed by atoms with Gasteiger partial charge in [-0.3, -0.25) is 4.79 Å². The van der Waals surface area contributed by atoms with E-state index in [9.17, 15) is 4.79 Å². The van der Waals surface area contributed by atoms with E-state index in [-0.39, 0.29) is 17.8 Å². The Morgan fingerprint density at radius 3 is 2.75 bits per heavy atom. The predicted molar refractivity (Wildman–Crippen MR) is 67.8 cm³/mol. The van der Waals surface area contributed by atoms with Crippen LogP contribution in [-0.4, -0.2) is 25.5 Å². The van der Waals surface area contributed by atoms with Gasteiger partial charge in [-0.15, -0.1) is 12.4 Å². The van der Waals surface area contributed by atoms with Crippen molar-refractivity contribution in [2.45, 2.75) is 39.0 Å². The summed E-state index contributed by atoms with van der Waals surface area (Å²) in [6, 6.07) is 0. The summed E-state index contributed by atoms with van der Waals surface area (Å²) in [7, 11) is 0. The van der Waals surface area contributed by atoms with E-state index in [1.165, 1.54) is 6.42 Å². The lowest BCUT2D eigenvalue weighted by molar-refractivity contribution is -0.126. The van der Waals surface area contributed by atoms with Gasteiger partial charge < -0.3 is 10.6 Å². The lowest BCUT2D eigenvalue weighted by Gasteiger charge is -2.14. The van der Waals surface area contributed by atoms with Crippen molar-refractivity contribution >= 4 is 18.3 Å². The Hall–Kier alpha value is -0.280. The highest BCUT2D eigenvalue weighted by Gasteiger charge is 2.47. The summed E-state index contributed by atoms with van der Waals surface area (Å²) in [4.78, 5) is 11.8. The van der Waals surface area contributed by atoms with Crippen LogP contribution in [-0.2, 0) is 4.79 Å². The third kappa shape index (κ3) is 3.11. The highest BCUT2D eigenvalue weighted by molar-refractivity contribution is 5.85. The maximum Gasteiger partial charge on any atom is 0.226 e. The normalized spacial score (nSPS) is 25.9. The molecule has 0 bridgehead atoms. The first kappa shape index (κ1) is 13.8.